The summed E-state index contributed by atoms with van der Waals surface area (Å²) in [7, 11) is 0. The molecule has 23 heavy (non-hydrogen) atoms. The van der Waals surface area contributed by atoms with Crippen molar-refractivity contribution < 1.29 is 9.53 Å². The number of hydrogen-bond donors (Lipinski definition) is 2. The zero-order valence-corrected chi connectivity index (χ0v) is 12.5. The van der Waals surface area contributed by atoms with Crippen LogP contribution in [-0.4, -0.2) is 16.1 Å². The normalized spacial score (nSPS) is 10.3. The number of nitrogens with one attached hydrogen (secondary N) is 2. The lowest BCUT2D eigenvalue weighted by Gasteiger charge is -2.08. The van der Waals surface area contributed by atoms with Crippen LogP contribution in [0.2, 0.25) is 0 Å². The van der Waals surface area contributed by atoms with Crippen LogP contribution in [0.3, 0.4) is 0 Å². The van der Waals surface area contributed by atoms with Gasteiger partial charge in [-0.15, -0.1) is 0 Å². The average Bonchev–Trinajstić information content (AvgIpc) is 3.14. The van der Waals surface area contributed by atoms with Gasteiger partial charge in [0.25, 0.3) is 5.91 Å². The molecule has 5 heteroatoms. The van der Waals surface area contributed by atoms with Gasteiger partial charge in [0.1, 0.15) is 18.1 Å². The van der Waals surface area contributed by atoms with Crippen LogP contribution in [0.1, 0.15) is 21.6 Å². The molecule has 1 heterocycles. The number of aromatic amines is 1. The maximum absolute atomic E-state index is 11.8. The fourth-order valence-corrected chi connectivity index (χ4v) is 2.10. The predicted molar refractivity (Wildman–Crippen MR) is 87.0 cm³/mol. The van der Waals surface area contributed by atoms with Crippen LogP contribution in [-0.2, 0) is 13.2 Å². The summed E-state index contributed by atoms with van der Waals surface area (Å²) in [5.74, 6) is 0.683. The van der Waals surface area contributed by atoms with Crippen molar-refractivity contribution in [3.63, 3.8) is 0 Å². The number of ether oxygens (including phenoxy) is 1. The SMILES string of the molecule is O=C(NCc1ccc(COc2ccccc2)cc1)c1ccn[nH]1. The molecule has 1 amide bonds. The molecule has 5 nitrogen and oxygen atoms in total. The first-order chi connectivity index (χ1) is 11.3. The topological polar surface area (TPSA) is 67.0 Å². The van der Waals surface area contributed by atoms with E-state index in [1.165, 1.54) is 0 Å². The number of amides is 1. The monoisotopic (exact) mass is 307 g/mol. The number of para-hydroxylation sites is 1. The van der Waals surface area contributed by atoms with Crippen molar-refractivity contribution in [1.82, 2.24) is 15.5 Å². The zero-order chi connectivity index (χ0) is 15.9. The average molecular weight is 307 g/mol. The number of hydrogen-bond acceptors (Lipinski definition) is 3. The first kappa shape index (κ1) is 14.8. The van der Waals surface area contributed by atoms with Crippen molar-refractivity contribution in [2.75, 3.05) is 0 Å². The molecule has 0 unspecified atom stereocenters. The van der Waals surface area contributed by atoms with Gasteiger partial charge >= 0.3 is 0 Å². The standard InChI is InChI=1S/C18H17N3O2/c22-18(17-10-11-20-21-17)19-12-14-6-8-15(9-7-14)13-23-16-4-2-1-3-5-16/h1-11H,12-13H2,(H,19,22)(H,20,21). The summed E-state index contributed by atoms with van der Waals surface area (Å²) >= 11 is 0. The number of H-pyrrole nitrogens is 1. The van der Waals surface area contributed by atoms with E-state index in [4.69, 9.17) is 4.74 Å². The molecular weight excluding hydrogens is 290 g/mol. The minimum atomic E-state index is -0.168. The molecule has 0 bridgehead atoms. The largest absolute Gasteiger partial charge is 0.489 e. The van der Waals surface area contributed by atoms with Gasteiger partial charge in [0.15, 0.2) is 0 Å². The summed E-state index contributed by atoms with van der Waals surface area (Å²) in [5, 5.41) is 9.23. The number of nitrogens with zero attached hydrogens (tertiary/aromatic N) is 1. The van der Waals surface area contributed by atoms with E-state index < -0.39 is 0 Å². The Kier molecular flexibility index (Phi) is 4.69. The lowest BCUT2D eigenvalue weighted by atomic mass is 10.1. The Morgan fingerprint density at radius 3 is 2.43 bits per heavy atom. The van der Waals surface area contributed by atoms with Gasteiger partial charge in [-0.2, -0.15) is 5.10 Å². The van der Waals surface area contributed by atoms with Crippen LogP contribution >= 0.6 is 0 Å². The molecule has 0 atom stereocenters. The molecule has 3 rings (SSSR count). The Hall–Kier alpha value is -3.08. The second kappa shape index (κ2) is 7.26. The third-order valence-corrected chi connectivity index (χ3v) is 3.37. The molecule has 0 aliphatic heterocycles. The molecule has 0 radical (unpaired) electrons. The number of aromatic nitrogens is 2. The molecular formula is C18H17N3O2. The van der Waals surface area contributed by atoms with Crippen molar-refractivity contribution in [3.8, 4) is 5.75 Å². The fourth-order valence-electron chi connectivity index (χ4n) is 2.10. The van der Waals surface area contributed by atoms with E-state index >= 15 is 0 Å². The quantitative estimate of drug-likeness (QED) is 0.736. The lowest BCUT2D eigenvalue weighted by Crippen LogP contribution is -2.23. The number of rotatable bonds is 6. The van der Waals surface area contributed by atoms with Crippen molar-refractivity contribution in [2.24, 2.45) is 0 Å². The van der Waals surface area contributed by atoms with Crippen LogP contribution < -0.4 is 10.1 Å². The number of benzene rings is 2. The van der Waals surface area contributed by atoms with E-state index in [9.17, 15) is 4.79 Å². The Balaban J connectivity index is 1.50. The third kappa shape index (κ3) is 4.20. The van der Waals surface area contributed by atoms with Crippen molar-refractivity contribution in [2.45, 2.75) is 13.2 Å². The summed E-state index contributed by atoms with van der Waals surface area (Å²) < 4.78 is 5.70. The molecule has 0 aliphatic carbocycles. The third-order valence-electron chi connectivity index (χ3n) is 3.37. The molecule has 0 saturated carbocycles. The Morgan fingerprint density at radius 1 is 1.00 bits per heavy atom. The molecule has 1 aromatic heterocycles. The zero-order valence-electron chi connectivity index (χ0n) is 12.5. The van der Waals surface area contributed by atoms with Gasteiger partial charge in [-0.05, 0) is 29.3 Å². The molecule has 0 aliphatic rings. The minimum absolute atomic E-state index is 0.168. The van der Waals surface area contributed by atoms with E-state index in [-0.39, 0.29) is 5.91 Å². The molecule has 0 saturated heterocycles. The van der Waals surface area contributed by atoms with E-state index in [0.29, 0.717) is 18.8 Å². The summed E-state index contributed by atoms with van der Waals surface area (Å²) in [6.45, 7) is 0.989. The summed E-state index contributed by atoms with van der Waals surface area (Å²) in [6.07, 6.45) is 1.55. The van der Waals surface area contributed by atoms with Gasteiger partial charge in [-0.1, -0.05) is 42.5 Å². The van der Waals surface area contributed by atoms with Crippen LogP contribution in [0.25, 0.3) is 0 Å². The fraction of sp³-hybridized carbons (Fsp3) is 0.111. The second-order valence-corrected chi connectivity index (χ2v) is 5.07. The van der Waals surface area contributed by atoms with E-state index in [2.05, 4.69) is 15.5 Å². The highest BCUT2D eigenvalue weighted by atomic mass is 16.5. The van der Waals surface area contributed by atoms with Gasteiger partial charge < -0.3 is 10.1 Å². The van der Waals surface area contributed by atoms with Crippen molar-refractivity contribution in [1.29, 1.82) is 0 Å². The Morgan fingerprint density at radius 2 is 1.74 bits per heavy atom. The number of carbonyl (C=O) groups is 1. The van der Waals surface area contributed by atoms with Gasteiger partial charge in [0, 0.05) is 12.7 Å². The van der Waals surface area contributed by atoms with Crippen LogP contribution in [0.5, 0.6) is 5.75 Å². The highest BCUT2D eigenvalue weighted by Crippen LogP contribution is 2.12. The highest BCUT2D eigenvalue weighted by Gasteiger charge is 2.05. The maximum atomic E-state index is 11.8. The summed E-state index contributed by atoms with van der Waals surface area (Å²) in [5.41, 5.74) is 2.57. The molecule has 2 N–H and O–H groups in total. The van der Waals surface area contributed by atoms with Gasteiger partial charge in [0.2, 0.25) is 0 Å². The van der Waals surface area contributed by atoms with Crippen molar-refractivity contribution >= 4 is 5.91 Å². The highest BCUT2D eigenvalue weighted by molar-refractivity contribution is 5.91. The summed E-state index contributed by atoms with van der Waals surface area (Å²) in [4.78, 5) is 11.8. The van der Waals surface area contributed by atoms with Crippen LogP contribution in [0.4, 0.5) is 0 Å². The van der Waals surface area contributed by atoms with Crippen LogP contribution in [0, 0.1) is 0 Å². The molecule has 0 spiro atoms. The Bertz CT molecular complexity index is 738. The maximum Gasteiger partial charge on any atom is 0.269 e. The number of carbonyl (C=O) groups excluding carboxylic acids is 1. The Labute approximate surface area is 134 Å². The van der Waals surface area contributed by atoms with Crippen molar-refractivity contribution in [3.05, 3.63) is 83.7 Å². The van der Waals surface area contributed by atoms with Crippen LogP contribution in [0.15, 0.2) is 66.9 Å². The molecule has 116 valence electrons. The molecule has 0 fully saturated rings. The first-order valence-electron chi connectivity index (χ1n) is 7.34. The van der Waals surface area contributed by atoms with E-state index in [0.717, 1.165) is 16.9 Å². The molecule has 3 aromatic rings. The lowest BCUT2D eigenvalue weighted by molar-refractivity contribution is 0.0946. The predicted octanol–water partition coefficient (Wildman–Crippen LogP) is 2.92. The smallest absolute Gasteiger partial charge is 0.269 e. The van der Waals surface area contributed by atoms with E-state index in [1.807, 2.05) is 54.6 Å². The van der Waals surface area contributed by atoms with Gasteiger partial charge in [-0.3, -0.25) is 9.89 Å². The van der Waals surface area contributed by atoms with E-state index in [1.54, 1.807) is 12.3 Å². The van der Waals surface area contributed by atoms with Gasteiger partial charge in [-0.25, -0.2) is 0 Å². The minimum Gasteiger partial charge on any atom is -0.489 e. The molecule has 2 aromatic carbocycles. The second-order valence-electron chi connectivity index (χ2n) is 5.07. The summed E-state index contributed by atoms with van der Waals surface area (Å²) in [6, 6.07) is 19.3. The van der Waals surface area contributed by atoms with Gasteiger partial charge in [0.05, 0.1) is 0 Å². The first-order valence-corrected chi connectivity index (χ1v) is 7.34.